The van der Waals surface area contributed by atoms with E-state index >= 15 is 0 Å². The van der Waals surface area contributed by atoms with Crippen LogP contribution in [0.3, 0.4) is 0 Å². The van der Waals surface area contributed by atoms with Gasteiger partial charge in [0.15, 0.2) is 0 Å². The fraction of sp³-hybridized carbons (Fsp3) is 0.478. The van der Waals surface area contributed by atoms with Crippen molar-refractivity contribution in [2.24, 2.45) is 5.92 Å². The van der Waals surface area contributed by atoms with Gasteiger partial charge in [0.25, 0.3) is 0 Å². The minimum absolute atomic E-state index is 0. The first-order valence-electron chi connectivity index (χ1n) is 10.2. The number of piperidine rings is 1. The zero-order valence-electron chi connectivity index (χ0n) is 17.1. The van der Waals surface area contributed by atoms with Crippen molar-refractivity contribution >= 4 is 30.8 Å². The van der Waals surface area contributed by atoms with Crippen LogP contribution in [0.1, 0.15) is 35.2 Å². The molecule has 2 saturated heterocycles. The number of methoxy groups -OCH3 is 1. The third-order valence-corrected chi connectivity index (χ3v) is 6.83. The van der Waals surface area contributed by atoms with Crippen LogP contribution >= 0.6 is 24.8 Å². The first-order chi connectivity index (χ1) is 13.7. The quantitative estimate of drug-likeness (QED) is 0.655. The number of rotatable bonds is 4. The van der Waals surface area contributed by atoms with Crippen molar-refractivity contribution in [2.75, 3.05) is 33.4 Å². The smallest absolute Gasteiger partial charge is 0.339 e. The van der Waals surface area contributed by atoms with E-state index in [-0.39, 0.29) is 30.8 Å². The summed E-state index contributed by atoms with van der Waals surface area (Å²) in [5.74, 6) is 0.440. The molecule has 5 rings (SSSR count). The number of esters is 1. The molecule has 0 bridgehead atoms. The molecule has 5 nitrogen and oxygen atoms in total. The molecule has 162 valence electrons. The predicted octanol–water partition coefficient (Wildman–Crippen LogP) is 4.13. The standard InChI is InChI=1S/C23H26N2O3.2ClH/c1-27-22(26)18-10-17(12-24-13-18)16-2-4-19(5-3-16)23-11-20(23)14-25(15-23)21-6-8-28-9-7-21;;/h2-5,10,12-13,20-21H,6-9,11,14-15H2,1H3;2*1H/t20-,23+;;/m1../s1. The number of likely N-dealkylation sites (tertiary alicyclic amines) is 1. The Morgan fingerprint density at radius 3 is 2.57 bits per heavy atom. The van der Waals surface area contributed by atoms with Crippen molar-refractivity contribution in [3.63, 3.8) is 0 Å². The van der Waals surface area contributed by atoms with E-state index in [9.17, 15) is 4.79 Å². The lowest BCUT2D eigenvalue weighted by Crippen LogP contribution is -2.40. The van der Waals surface area contributed by atoms with Gasteiger partial charge in [-0.3, -0.25) is 9.88 Å². The maximum atomic E-state index is 11.8. The molecule has 2 aromatic rings. The summed E-state index contributed by atoms with van der Waals surface area (Å²) < 4.78 is 10.3. The molecule has 7 heteroatoms. The van der Waals surface area contributed by atoms with E-state index in [1.807, 2.05) is 6.07 Å². The van der Waals surface area contributed by atoms with Crippen molar-refractivity contribution in [3.05, 3.63) is 53.9 Å². The van der Waals surface area contributed by atoms with Crippen LogP contribution in [0.4, 0.5) is 0 Å². The highest BCUT2D eigenvalue weighted by Crippen LogP contribution is 2.59. The van der Waals surface area contributed by atoms with Crippen molar-refractivity contribution in [3.8, 4) is 11.1 Å². The number of carbonyl (C=O) groups is 1. The Labute approximate surface area is 190 Å². The highest BCUT2D eigenvalue weighted by Gasteiger charge is 2.61. The lowest BCUT2D eigenvalue weighted by molar-refractivity contribution is 0.0378. The monoisotopic (exact) mass is 450 g/mol. The zero-order valence-corrected chi connectivity index (χ0v) is 18.7. The van der Waals surface area contributed by atoms with E-state index in [1.54, 1.807) is 12.4 Å². The Bertz CT molecular complexity index is 886. The summed E-state index contributed by atoms with van der Waals surface area (Å²) in [4.78, 5) is 18.7. The molecule has 0 N–H and O–H groups in total. The third kappa shape index (κ3) is 4.09. The minimum atomic E-state index is -0.357. The highest BCUT2D eigenvalue weighted by molar-refractivity contribution is 5.90. The van der Waals surface area contributed by atoms with Gasteiger partial charge in [0.2, 0.25) is 0 Å². The van der Waals surface area contributed by atoms with Gasteiger partial charge in [-0.2, -0.15) is 0 Å². The van der Waals surface area contributed by atoms with E-state index in [0.29, 0.717) is 17.0 Å². The van der Waals surface area contributed by atoms with Crippen LogP contribution in [0.15, 0.2) is 42.7 Å². The number of ether oxygens (including phenoxy) is 2. The molecule has 30 heavy (non-hydrogen) atoms. The zero-order chi connectivity index (χ0) is 19.1. The van der Waals surface area contributed by atoms with E-state index in [2.05, 4.69) is 34.1 Å². The van der Waals surface area contributed by atoms with Gasteiger partial charge < -0.3 is 9.47 Å². The molecular weight excluding hydrogens is 423 g/mol. The van der Waals surface area contributed by atoms with Crippen LogP contribution in [-0.4, -0.2) is 55.3 Å². The van der Waals surface area contributed by atoms with Crippen molar-refractivity contribution in [2.45, 2.75) is 30.7 Å². The predicted molar refractivity (Wildman–Crippen MR) is 121 cm³/mol. The Kier molecular flexibility index (Phi) is 7.08. The van der Waals surface area contributed by atoms with Gasteiger partial charge in [-0.05, 0) is 42.4 Å². The molecule has 3 fully saturated rings. The molecule has 2 atom stereocenters. The molecule has 2 aliphatic heterocycles. The van der Waals surface area contributed by atoms with E-state index in [0.717, 1.165) is 30.3 Å². The third-order valence-electron chi connectivity index (χ3n) is 6.83. The number of halogens is 2. The first-order valence-corrected chi connectivity index (χ1v) is 10.2. The molecule has 0 amide bonds. The van der Waals surface area contributed by atoms with Gasteiger partial charge in [-0.1, -0.05) is 24.3 Å². The van der Waals surface area contributed by atoms with Crippen LogP contribution in [0, 0.1) is 5.92 Å². The maximum absolute atomic E-state index is 11.8. The molecule has 1 saturated carbocycles. The number of carbonyl (C=O) groups excluding carboxylic acids is 1. The van der Waals surface area contributed by atoms with E-state index < -0.39 is 0 Å². The summed E-state index contributed by atoms with van der Waals surface area (Å²) in [5.41, 5.74) is 4.30. The summed E-state index contributed by atoms with van der Waals surface area (Å²) in [6, 6.07) is 11.4. The lowest BCUT2D eigenvalue weighted by Gasteiger charge is -2.33. The fourth-order valence-electron chi connectivity index (χ4n) is 5.12. The number of benzene rings is 1. The van der Waals surface area contributed by atoms with Crippen LogP contribution in [0.25, 0.3) is 11.1 Å². The Morgan fingerprint density at radius 1 is 1.13 bits per heavy atom. The van der Waals surface area contributed by atoms with Gasteiger partial charge in [-0.25, -0.2) is 4.79 Å². The number of pyridine rings is 1. The van der Waals surface area contributed by atoms with Crippen molar-refractivity contribution in [1.29, 1.82) is 0 Å². The van der Waals surface area contributed by atoms with E-state index in [4.69, 9.17) is 9.47 Å². The molecule has 3 aliphatic rings. The SMILES string of the molecule is COC(=O)c1cncc(-c2ccc([C@@]34C[C@@H]3CN(C3CCOCC3)C4)cc2)c1.Cl.Cl. The summed E-state index contributed by atoms with van der Waals surface area (Å²) in [7, 11) is 1.39. The molecule has 0 spiro atoms. The first kappa shape index (κ1) is 23.0. The van der Waals surface area contributed by atoms with Gasteiger partial charge >= 0.3 is 5.97 Å². The Hall–Kier alpha value is -1.66. The molecule has 1 aromatic carbocycles. The molecule has 3 heterocycles. The largest absolute Gasteiger partial charge is 0.465 e. The number of fused-ring (bicyclic) bond motifs is 1. The van der Waals surface area contributed by atoms with E-state index in [1.165, 1.54) is 45.0 Å². The number of aromatic nitrogens is 1. The summed E-state index contributed by atoms with van der Waals surface area (Å²) in [6.45, 7) is 4.23. The van der Waals surface area contributed by atoms with Gasteiger partial charge in [0.1, 0.15) is 0 Å². The lowest BCUT2D eigenvalue weighted by atomic mass is 9.92. The van der Waals surface area contributed by atoms with Gasteiger partial charge in [0, 0.05) is 55.7 Å². The normalized spacial score (nSPS) is 25.6. The van der Waals surface area contributed by atoms with Crippen LogP contribution < -0.4 is 0 Å². The molecular formula is C23H28Cl2N2O3. The minimum Gasteiger partial charge on any atom is -0.465 e. The van der Waals surface area contributed by atoms with Gasteiger partial charge in [-0.15, -0.1) is 24.8 Å². The average molecular weight is 451 g/mol. The second kappa shape index (κ2) is 9.23. The number of nitrogens with zero attached hydrogens (tertiary/aromatic N) is 2. The van der Waals surface area contributed by atoms with Crippen molar-refractivity contribution in [1.82, 2.24) is 9.88 Å². The van der Waals surface area contributed by atoms with Gasteiger partial charge in [0.05, 0.1) is 12.7 Å². The summed E-state index contributed by atoms with van der Waals surface area (Å²) >= 11 is 0. The Morgan fingerprint density at radius 2 is 1.87 bits per heavy atom. The fourth-order valence-corrected chi connectivity index (χ4v) is 5.12. The molecule has 1 aromatic heterocycles. The molecule has 1 aliphatic carbocycles. The number of hydrogen-bond acceptors (Lipinski definition) is 5. The summed E-state index contributed by atoms with van der Waals surface area (Å²) in [6.07, 6.45) is 6.99. The van der Waals surface area contributed by atoms with Crippen molar-refractivity contribution < 1.29 is 14.3 Å². The second-order valence-corrected chi connectivity index (χ2v) is 8.36. The molecule has 0 unspecified atom stereocenters. The van der Waals surface area contributed by atoms with Crippen LogP contribution in [0.2, 0.25) is 0 Å². The topological polar surface area (TPSA) is 51.7 Å². The van der Waals surface area contributed by atoms with Crippen LogP contribution in [0.5, 0.6) is 0 Å². The maximum Gasteiger partial charge on any atom is 0.339 e. The van der Waals surface area contributed by atoms with Crippen LogP contribution in [-0.2, 0) is 14.9 Å². The second-order valence-electron chi connectivity index (χ2n) is 8.36. The average Bonchev–Trinajstić information content (AvgIpc) is 3.34. The summed E-state index contributed by atoms with van der Waals surface area (Å²) in [5, 5.41) is 0. The molecule has 0 radical (unpaired) electrons. The highest BCUT2D eigenvalue weighted by atomic mass is 35.5. The number of hydrogen-bond donors (Lipinski definition) is 0. The Balaban J connectivity index is 0.00000128.